The van der Waals surface area contributed by atoms with Crippen LogP contribution in [0.2, 0.25) is 0 Å². The average Bonchev–Trinajstić information content (AvgIpc) is 2.73. The molecule has 96 valence electrons. The third-order valence-electron chi connectivity index (χ3n) is 3.39. The molecule has 0 bridgehead atoms. The Morgan fingerprint density at radius 1 is 1.47 bits per heavy atom. The lowest BCUT2D eigenvalue weighted by molar-refractivity contribution is 0.181. The summed E-state index contributed by atoms with van der Waals surface area (Å²) in [5, 5.41) is 7.25. The van der Waals surface area contributed by atoms with Gasteiger partial charge in [0.25, 0.3) is 0 Å². The highest BCUT2D eigenvalue weighted by atomic mass is 16.5. The molecule has 2 heterocycles. The van der Waals surface area contributed by atoms with Gasteiger partial charge in [0, 0.05) is 25.6 Å². The van der Waals surface area contributed by atoms with Crippen molar-refractivity contribution in [3.05, 3.63) is 11.7 Å². The van der Waals surface area contributed by atoms with E-state index in [0.717, 1.165) is 25.4 Å². The van der Waals surface area contributed by atoms with Crippen molar-refractivity contribution in [1.82, 2.24) is 20.4 Å². The molecule has 0 aromatic carbocycles. The zero-order valence-corrected chi connectivity index (χ0v) is 10.8. The van der Waals surface area contributed by atoms with E-state index in [4.69, 9.17) is 4.52 Å². The van der Waals surface area contributed by atoms with Crippen LogP contribution in [0.5, 0.6) is 0 Å². The molecular weight excluding hydrogens is 216 g/mol. The Labute approximate surface area is 103 Å². The molecule has 1 saturated heterocycles. The van der Waals surface area contributed by atoms with Crippen molar-refractivity contribution >= 4 is 0 Å². The number of aromatic nitrogens is 2. The first kappa shape index (κ1) is 12.5. The van der Waals surface area contributed by atoms with Crippen LogP contribution in [-0.4, -0.2) is 47.8 Å². The quantitative estimate of drug-likeness (QED) is 0.775. The molecule has 1 aromatic heterocycles. The summed E-state index contributed by atoms with van der Waals surface area (Å²) in [5.41, 5.74) is 0. The third-order valence-corrected chi connectivity index (χ3v) is 3.39. The Hall–Kier alpha value is -0.940. The number of nitrogens with zero attached hydrogens (tertiary/aromatic N) is 3. The highest BCUT2D eigenvalue weighted by Crippen LogP contribution is 2.13. The van der Waals surface area contributed by atoms with Gasteiger partial charge >= 0.3 is 0 Å². The first-order valence-corrected chi connectivity index (χ1v) is 6.46. The summed E-state index contributed by atoms with van der Waals surface area (Å²) >= 11 is 0. The van der Waals surface area contributed by atoms with E-state index < -0.39 is 0 Å². The lowest BCUT2D eigenvalue weighted by atomic mass is 10.0. The molecule has 2 rings (SSSR count). The van der Waals surface area contributed by atoms with Crippen LogP contribution in [0.25, 0.3) is 0 Å². The van der Waals surface area contributed by atoms with Gasteiger partial charge in [-0.15, -0.1) is 0 Å². The summed E-state index contributed by atoms with van der Waals surface area (Å²) in [6.45, 7) is 5.04. The van der Waals surface area contributed by atoms with Crippen LogP contribution in [0.3, 0.4) is 0 Å². The zero-order valence-electron chi connectivity index (χ0n) is 10.8. The molecule has 0 aliphatic carbocycles. The topological polar surface area (TPSA) is 54.2 Å². The van der Waals surface area contributed by atoms with Crippen LogP contribution >= 0.6 is 0 Å². The molecule has 0 radical (unpaired) electrons. The van der Waals surface area contributed by atoms with Crippen LogP contribution < -0.4 is 5.32 Å². The number of aryl methyl sites for hydroxylation is 1. The fourth-order valence-electron chi connectivity index (χ4n) is 2.31. The second-order valence-electron chi connectivity index (χ2n) is 4.82. The largest absolute Gasteiger partial charge is 0.339 e. The standard InChI is InChI=1S/C12H22N4O/c1-10-14-12(17-15-10)6-7-13-9-11-5-3-4-8-16(11)2/h11,13H,3-9H2,1-2H3. The fourth-order valence-corrected chi connectivity index (χ4v) is 2.31. The fraction of sp³-hybridized carbons (Fsp3) is 0.833. The maximum absolute atomic E-state index is 5.07. The summed E-state index contributed by atoms with van der Waals surface area (Å²) in [7, 11) is 2.22. The molecule has 1 aromatic rings. The number of hydrogen-bond donors (Lipinski definition) is 1. The van der Waals surface area contributed by atoms with Gasteiger partial charge in [0.1, 0.15) is 0 Å². The predicted octanol–water partition coefficient (Wildman–Crippen LogP) is 0.994. The van der Waals surface area contributed by atoms with Crippen molar-refractivity contribution in [1.29, 1.82) is 0 Å². The van der Waals surface area contributed by atoms with E-state index in [1.54, 1.807) is 0 Å². The second kappa shape index (κ2) is 6.12. The molecule has 5 nitrogen and oxygen atoms in total. The van der Waals surface area contributed by atoms with Crippen molar-refractivity contribution < 1.29 is 4.52 Å². The maximum atomic E-state index is 5.07. The lowest BCUT2D eigenvalue weighted by Crippen LogP contribution is -2.43. The molecule has 0 spiro atoms. The maximum Gasteiger partial charge on any atom is 0.227 e. The number of hydrogen-bond acceptors (Lipinski definition) is 5. The number of likely N-dealkylation sites (tertiary alicyclic amines) is 1. The first-order valence-electron chi connectivity index (χ1n) is 6.46. The molecule has 1 N–H and O–H groups in total. The Balaban J connectivity index is 1.62. The summed E-state index contributed by atoms with van der Waals surface area (Å²) in [4.78, 5) is 6.63. The Kier molecular flexibility index (Phi) is 4.50. The normalized spacial score (nSPS) is 21.9. The molecule has 1 aliphatic heterocycles. The summed E-state index contributed by atoms with van der Waals surface area (Å²) in [6.07, 6.45) is 4.83. The van der Waals surface area contributed by atoms with E-state index >= 15 is 0 Å². The molecular formula is C12H22N4O. The van der Waals surface area contributed by atoms with Gasteiger partial charge in [-0.3, -0.25) is 0 Å². The van der Waals surface area contributed by atoms with Gasteiger partial charge in [-0.25, -0.2) is 0 Å². The van der Waals surface area contributed by atoms with E-state index in [9.17, 15) is 0 Å². The smallest absolute Gasteiger partial charge is 0.227 e. The summed E-state index contributed by atoms with van der Waals surface area (Å²) in [5.74, 6) is 1.44. The minimum absolute atomic E-state index is 0.688. The average molecular weight is 238 g/mol. The number of nitrogens with one attached hydrogen (secondary N) is 1. The van der Waals surface area contributed by atoms with Crippen molar-refractivity contribution in [2.75, 3.05) is 26.7 Å². The Morgan fingerprint density at radius 3 is 3.06 bits per heavy atom. The second-order valence-corrected chi connectivity index (χ2v) is 4.82. The minimum Gasteiger partial charge on any atom is -0.339 e. The van der Waals surface area contributed by atoms with Gasteiger partial charge in [0.2, 0.25) is 5.89 Å². The highest BCUT2D eigenvalue weighted by molar-refractivity contribution is 4.84. The molecule has 17 heavy (non-hydrogen) atoms. The molecule has 0 saturated carbocycles. The van der Waals surface area contributed by atoms with Gasteiger partial charge < -0.3 is 14.7 Å². The van der Waals surface area contributed by atoms with Gasteiger partial charge in [-0.1, -0.05) is 11.6 Å². The third kappa shape index (κ3) is 3.78. The van der Waals surface area contributed by atoms with Crippen molar-refractivity contribution in [2.24, 2.45) is 0 Å². The molecule has 1 fully saturated rings. The zero-order chi connectivity index (χ0) is 12.1. The molecule has 1 aliphatic rings. The van der Waals surface area contributed by atoms with Crippen molar-refractivity contribution in [3.8, 4) is 0 Å². The SMILES string of the molecule is Cc1noc(CCNCC2CCCCN2C)n1. The first-order chi connectivity index (χ1) is 8.25. The van der Waals surface area contributed by atoms with Crippen LogP contribution in [0.4, 0.5) is 0 Å². The van der Waals surface area contributed by atoms with Crippen molar-refractivity contribution in [3.63, 3.8) is 0 Å². The number of likely N-dealkylation sites (N-methyl/N-ethyl adjacent to an activating group) is 1. The molecule has 1 atom stereocenters. The summed E-state index contributed by atoms with van der Waals surface area (Å²) < 4.78 is 5.07. The van der Waals surface area contributed by atoms with E-state index in [2.05, 4.69) is 27.4 Å². The van der Waals surface area contributed by atoms with Crippen LogP contribution in [0.1, 0.15) is 31.0 Å². The van der Waals surface area contributed by atoms with E-state index in [-0.39, 0.29) is 0 Å². The van der Waals surface area contributed by atoms with Crippen LogP contribution in [0.15, 0.2) is 4.52 Å². The van der Waals surface area contributed by atoms with E-state index in [1.807, 2.05) is 6.92 Å². The Bertz CT molecular complexity index is 339. The number of piperidine rings is 1. The predicted molar refractivity (Wildman–Crippen MR) is 65.9 cm³/mol. The minimum atomic E-state index is 0.688. The molecule has 5 heteroatoms. The van der Waals surface area contributed by atoms with Gasteiger partial charge in [0.15, 0.2) is 5.82 Å². The monoisotopic (exact) mass is 238 g/mol. The van der Waals surface area contributed by atoms with E-state index in [1.165, 1.54) is 25.8 Å². The Morgan fingerprint density at radius 2 is 2.35 bits per heavy atom. The lowest BCUT2D eigenvalue weighted by Gasteiger charge is -2.32. The van der Waals surface area contributed by atoms with E-state index in [0.29, 0.717) is 11.9 Å². The van der Waals surface area contributed by atoms with Crippen molar-refractivity contribution in [2.45, 2.75) is 38.6 Å². The van der Waals surface area contributed by atoms with Gasteiger partial charge in [0.05, 0.1) is 0 Å². The number of rotatable bonds is 5. The van der Waals surface area contributed by atoms with Crippen LogP contribution in [-0.2, 0) is 6.42 Å². The summed E-state index contributed by atoms with van der Waals surface area (Å²) in [6, 6.07) is 0.688. The van der Waals surface area contributed by atoms with Gasteiger partial charge in [-0.2, -0.15) is 4.98 Å². The molecule has 0 amide bonds. The van der Waals surface area contributed by atoms with Gasteiger partial charge in [-0.05, 0) is 33.4 Å². The molecule has 1 unspecified atom stereocenters. The highest BCUT2D eigenvalue weighted by Gasteiger charge is 2.17. The van der Waals surface area contributed by atoms with Crippen LogP contribution in [0, 0.1) is 6.92 Å².